The van der Waals surface area contributed by atoms with Crippen LogP contribution in [-0.2, 0) is 10.3 Å². The number of hydrogen-bond acceptors (Lipinski definition) is 2. The second kappa shape index (κ2) is 5.75. The zero-order chi connectivity index (χ0) is 17.6. The van der Waals surface area contributed by atoms with Gasteiger partial charge in [-0.3, -0.25) is 0 Å². The molecule has 0 saturated carbocycles. The first kappa shape index (κ1) is 15.9. The smallest absolute Gasteiger partial charge is 0.150 e. The summed E-state index contributed by atoms with van der Waals surface area (Å²) >= 11 is 0. The highest BCUT2D eigenvalue weighted by Gasteiger charge is 2.45. The maximum absolute atomic E-state index is 6.33. The summed E-state index contributed by atoms with van der Waals surface area (Å²) < 4.78 is 12.6. The van der Waals surface area contributed by atoms with Crippen LogP contribution in [0, 0.1) is 20.8 Å². The summed E-state index contributed by atoms with van der Waals surface area (Å²) in [5.41, 5.74) is 6.17. The van der Waals surface area contributed by atoms with Crippen molar-refractivity contribution in [2.45, 2.75) is 26.4 Å². The Bertz CT molecular complexity index is 905. The Morgan fingerprint density at radius 2 is 1.28 bits per heavy atom. The Morgan fingerprint density at radius 3 is 1.80 bits per heavy atom. The van der Waals surface area contributed by atoms with Crippen molar-refractivity contribution in [3.8, 4) is 11.5 Å². The largest absolute Gasteiger partial charge is 0.457 e. The van der Waals surface area contributed by atoms with Crippen molar-refractivity contribution < 1.29 is 9.47 Å². The molecule has 0 bridgehead atoms. The molecule has 4 rings (SSSR count). The van der Waals surface area contributed by atoms with Gasteiger partial charge in [0.25, 0.3) is 0 Å². The third-order valence-electron chi connectivity index (χ3n) is 5.08. The lowest BCUT2D eigenvalue weighted by molar-refractivity contribution is 0.0492. The predicted octanol–water partition coefficient (Wildman–Crippen LogP) is 5.66. The lowest BCUT2D eigenvalue weighted by atomic mass is 9.75. The molecule has 0 spiro atoms. The van der Waals surface area contributed by atoms with Crippen LogP contribution in [0.3, 0.4) is 0 Å². The number of hydrogen-bond donors (Lipinski definition) is 0. The number of methoxy groups -OCH3 is 1. The lowest BCUT2D eigenvalue weighted by Crippen LogP contribution is -2.35. The molecule has 0 atom stereocenters. The first-order valence-corrected chi connectivity index (χ1v) is 8.57. The van der Waals surface area contributed by atoms with Gasteiger partial charge in [-0.05, 0) is 56.2 Å². The molecule has 3 aromatic rings. The summed E-state index contributed by atoms with van der Waals surface area (Å²) in [5.74, 6) is 1.71. The minimum Gasteiger partial charge on any atom is -0.457 e. The Balaban J connectivity index is 2.14. The van der Waals surface area contributed by atoms with E-state index in [1.807, 2.05) is 12.1 Å². The highest BCUT2D eigenvalue weighted by molar-refractivity contribution is 5.63. The molecule has 126 valence electrons. The molecular weight excluding hydrogens is 308 g/mol. The van der Waals surface area contributed by atoms with Crippen LogP contribution in [-0.4, -0.2) is 7.11 Å². The van der Waals surface area contributed by atoms with Gasteiger partial charge < -0.3 is 9.47 Å². The van der Waals surface area contributed by atoms with Gasteiger partial charge in [-0.15, -0.1) is 0 Å². The minimum absolute atomic E-state index is 0.674. The molecule has 25 heavy (non-hydrogen) atoms. The van der Waals surface area contributed by atoms with Gasteiger partial charge in [-0.25, -0.2) is 0 Å². The molecule has 0 N–H and O–H groups in total. The summed E-state index contributed by atoms with van der Waals surface area (Å²) in [7, 11) is 1.79. The monoisotopic (exact) mass is 330 g/mol. The number of ether oxygens (including phenoxy) is 2. The summed E-state index contributed by atoms with van der Waals surface area (Å²) in [6.07, 6.45) is 0. The van der Waals surface area contributed by atoms with E-state index in [0.717, 1.165) is 28.2 Å². The zero-order valence-electron chi connectivity index (χ0n) is 15.1. The van der Waals surface area contributed by atoms with Crippen molar-refractivity contribution in [3.63, 3.8) is 0 Å². The molecule has 0 amide bonds. The minimum atomic E-state index is -0.674. The van der Waals surface area contributed by atoms with Crippen molar-refractivity contribution >= 4 is 0 Å². The third-order valence-corrected chi connectivity index (χ3v) is 5.08. The van der Waals surface area contributed by atoms with Gasteiger partial charge in [0, 0.05) is 18.2 Å². The molecule has 1 heterocycles. The Hall–Kier alpha value is -2.58. The van der Waals surface area contributed by atoms with E-state index in [4.69, 9.17) is 9.47 Å². The van der Waals surface area contributed by atoms with Crippen LogP contribution in [0.4, 0.5) is 0 Å². The third kappa shape index (κ3) is 2.29. The summed E-state index contributed by atoms with van der Waals surface area (Å²) in [5, 5.41) is 0. The van der Waals surface area contributed by atoms with E-state index in [1.54, 1.807) is 7.11 Å². The average Bonchev–Trinajstić information content (AvgIpc) is 2.61. The zero-order valence-corrected chi connectivity index (χ0v) is 15.1. The van der Waals surface area contributed by atoms with Crippen molar-refractivity contribution in [2.24, 2.45) is 0 Å². The Labute approximate surface area is 149 Å². The van der Waals surface area contributed by atoms with Gasteiger partial charge in [-0.2, -0.15) is 0 Å². The van der Waals surface area contributed by atoms with E-state index in [9.17, 15) is 0 Å². The molecule has 1 aliphatic rings. The molecule has 0 aliphatic carbocycles. The fourth-order valence-electron chi connectivity index (χ4n) is 3.87. The van der Waals surface area contributed by atoms with Crippen molar-refractivity contribution in [3.05, 3.63) is 94.0 Å². The molecule has 2 heteroatoms. The summed E-state index contributed by atoms with van der Waals surface area (Å²) in [4.78, 5) is 0. The quantitative estimate of drug-likeness (QED) is 0.604. The lowest BCUT2D eigenvalue weighted by Gasteiger charge is -2.40. The van der Waals surface area contributed by atoms with Gasteiger partial charge in [0.2, 0.25) is 0 Å². The van der Waals surface area contributed by atoms with E-state index in [-0.39, 0.29) is 0 Å². The van der Waals surface area contributed by atoms with Gasteiger partial charge in [0.15, 0.2) is 5.60 Å². The van der Waals surface area contributed by atoms with Crippen LogP contribution in [0.2, 0.25) is 0 Å². The van der Waals surface area contributed by atoms with E-state index < -0.39 is 5.60 Å². The molecule has 2 nitrogen and oxygen atoms in total. The van der Waals surface area contributed by atoms with Gasteiger partial charge >= 0.3 is 0 Å². The summed E-state index contributed by atoms with van der Waals surface area (Å²) in [6.45, 7) is 6.34. The number of benzene rings is 3. The first-order chi connectivity index (χ1) is 12.1. The second-order valence-corrected chi connectivity index (χ2v) is 6.80. The number of rotatable bonds is 2. The van der Waals surface area contributed by atoms with Crippen molar-refractivity contribution in [1.82, 2.24) is 0 Å². The second-order valence-electron chi connectivity index (χ2n) is 6.80. The first-order valence-electron chi connectivity index (χ1n) is 8.57. The fraction of sp³-hybridized carbons (Fsp3) is 0.217. The topological polar surface area (TPSA) is 18.5 Å². The predicted molar refractivity (Wildman–Crippen MR) is 101 cm³/mol. The molecule has 0 unspecified atom stereocenters. The van der Waals surface area contributed by atoms with Crippen LogP contribution in [0.1, 0.15) is 33.4 Å². The molecule has 3 aromatic carbocycles. The molecule has 1 aliphatic heterocycles. The highest BCUT2D eigenvalue weighted by Crippen LogP contribution is 2.53. The fourth-order valence-corrected chi connectivity index (χ4v) is 3.87. The maximum atomic E-state index is 6.33. The molecular formula is C23H22O2. The molecule has 0 aromatic heterocycles. The standard InChI is InChI=1S/C23H22O2/c1-15-9-11-21-19(13-15)23(24-4,18-8-6-5-7-17(18)3)20-14-16(2)10-12-22(20)25-21/h5-14H,1-4H3. The molecule has 0 saturated heterocycles. The Kier molecular flexibility index (Phi) is 3.66. The Morgan fingerprint density at radius 1 is 0.720 bits per heavy atom. The number of fused-ring (bicyclic) bond motifs is 2. The SMILES string of the molecule is COC1(c2ccccc2C)c2cc(C)ccc2Oc2ccc(C)cc21. The average molecular weight is 330 g/mol. The van der Waals surface area contributed by atoms with Crippen molar-refractivity contribution in [2.75, 3.05) is 7.11 Å². The van der Waals surface area contributed by atoms with Crippen molar-refractivity contribution in [1.29, 1.82) is 0 Å². The van der Waals surface area contributed by atoms with Gasteiger partial charge in [0.05, 0.1) is 0 Å². The van der Waals surface area contributed by atoms with E-state index in [1.165, 1.54) is 16.7 Å². The van der Waals surface area contributed by atoms with E-state index >= 15 is 0 Å². The molecule has 0 fully saturated rings. The van der Waals surface area contributed by atoms with E-state index in [0.29, 0.717) is 0 Å². The van der Waals surface area contributed by atoms with Crippen LogP contribution in [0.25, 0.3) is 0 Å². The molecule has 0 radical (unpaired) electrons. The maximum Gasteiger partial charge on any atom is 0.150 e. The van der Waals surface area contributed by atoms with Crippen LogP contribution < -0.4 is 4.74 Å². The number of aryl methyl sites for hydroxylation is 3. The van der Waals surface area contributed by atoms with Gasteiger partial charge in [-0.1, -0.05) is 47.5 Å². The van der Waals surface area contributed by atoms with Crippen LogP contribution >= 0.6 is 0 Å². The summed E-state index contributed by atoms with van der Waals surface area (Å²) in [6, 6.07) is 21.0. The highest BCUT2D eigenvalue weighted by atomic mass is 16.5. The normalized spacial score (nSPS) is 14.4. The van der Waals surface area contributed by atoms with Crippen LogP contribution in [0.5, 0.6) is 11.5 Å². The van der Waals surface area contributed by atoms with E-state index in [2.05, 4.69) is 69.3 Å². The van der Waals surface area contributed by atoms with Crippen LogP contribution in [0.15, 0.2) is 60.7 Å². The van der Waals surface area contributed by atoms with Gasteiger partial charge in [0.1, 0.15) is 11.5 Å².